The second kappa shape index (κ2) is 5.94. The van der Waals surface area contributed by atoms with E-state index < -0.39 is 0 Å². The molecule has 4 aromatic heterocycles. The molecule has 0 unspecified atom stereocenters. The van der Waals surface area contributed by atoms with Gasteiger partial charge in [-0.2, -0.15) is 0 Å². The standard InChI is InChI=1S/C23H30N6/c1-21(2,3)16-10-14-15(12-24-16)29-18(26-14)13-11-25-19(22(4,5)6)27-17(13)28-20(29)23(7,8)9/h10-12H,1-9H3. The predicted octanol–water partition coefficient (Wildman–Crippen LogP) is 5.11. The van der Waals surface area contributed by atoms with Gasteiger partial charge in [0.1, 0.15) is 11.6 Å². The van der Waals surface area contributed by atoms with Gasteiger partial charge in [-0.3, -0.25) is 9.38 Å². The molecule has 4 rings (SSSR count). The summed E-state index contributed by atoms with van der Waals surface area (Å²) < 4.78 is 2.12. The fourth-order valence-electron chi connectivity index (χ4n) is 3.41. The van der Waals surface area contributed by atoms with Gasteiger partial charge in [0.05, 0.1) is 22.6 Å². The highest BCUT2D eigenvalue weighted by atomic mass is 15.1. The van der Waals surface area contributed by atoms with E-state index in [1.807, 2.05) is 12.4 Å². The van der Waals surface area contributed by atoms with Crippen LogP contribution in [-0.4, -0.2) is 29.3 Å². The largest absolute Gasteiger partial charge is 0.278 e. The van der Waals surface area contributed by atoms with Gasteiger partial charge in [0.15, 0.2) is 11.3 Å². The first kappa shape index (κ1) is 19.7. The van der Waals surface area contributed by atoms with E-state index in [9.17, 15) is 0 Å². The topological polar surface area (TPSA) is 68.9 Å². The molecule has 0 aromatic carbocycles. The Morgan fingerprint density at radius 2 is 1.41 bits per heavy atom. The van der Waals surface area contributed by atoms with Crippen LogP contribution in [0.15, 0.2) is 18.5 Å². The molecule has 4 heterocycles. The van der Waals surface area contributed by atoms with E-state index in [1.54, 1.807) is 0 Å². The third kappa shape index (κ3) is 3.24. The van der Waals surface area contributed by atoms with Crippen LogP contribution in [0.25, 0.3) is 27.7 Å². The molecule has 0 atom stereocenters. The zero-order valence-electron chi connectivity index (χ0n) is 18.9. The summed E-state index contributed by atoms with van der Waals surface area (Å²) in [6.45, 7) is 19.3. The van der Waals surface area contributed by atoms with E-state index in [0.29, 0.717) is 5.65 Å². The molecule has 0 saturated heterocycles. The molecule has 0 aliphatic rings. The summed E-state index contributed by atoms with van der Waals surface area (Å²) in [6.07, 6.45) is 3.78. The van der Waals surface area contributed by atoms with Crippen molar-refractivity contribution < 1.29 is 0 Å². The first-order valence-electron chi connectivity index (χ1n) is 10.1. The maximum Gasteiger partial charge on any atom is 0.168 e. The van der Waals surface area contributed by atoms with E-state index in [1.165, 1.54) is 0 Å². The molecule has 0 N–H and O–H groups in total. The Kier molecular flexibility index (Phi) is 4.03. The number of hydrogen-bond donors (Lipinski definition) is 0. The number of nitrogens with zero attached hydrogens (tertiary/aromatic N) is 6. The Hall–Kier alpha value is -2.63. The minimum absolute atomic E-state index is 0.0398. The van der Waals surface area contributed by atoms with Gasteiger partial charge in [-0.1, -0.05) is 62.3 Å². The smallest absolute Gasteiger partial charge is 0.168 e. The first-order chi connectivity index (χ1) is 13.3. The van der Waals surface area contributed by atoms with Crippen LogP contribution in [0.4, 0.5) is 0 Å². The minimum atomic E-state index is -0.185. The van der Waals surface area contributed by atoms with Crippen molar-refractivity contribution in [1.29, 1.82) is 0 Å². The third-order valence-corrected chi connectivity index (χ3v) is 5.08. The summed E-state index contributed by atoms with van der Waals surface area (Å²) in [5.74, 6) is 1.71. The molecule has 0 amide bonds. The van der Waals surface area contributed by atoms with Crippen LogP contribution in [0.1, 0.15) is 79.7 Å². The van der Waals surface area contributed by atoms with Crippen LogP contribution in [0, 0.1) is 0 Å². The predicted molar refractivity (Wildman–Crippen MR) is 117 cm³/mol. The summed E-state index contributed by atoms with van der Waals surface area (Å²) in [7, 11) is 0. The second-order valence-corrected chi connectivity index (χ2v) is 10.9. The van der Waals surface area contributed by atoms with Gasteiger partial charge in [-0.25, -0.2) is 19.9 Å². The van der Waals surface area contributed by atoms with Crippen LogP contribution in [0.2, 0.25) is 0 Å². The molecular formula is C23H30N6. The molecule has 0 bridgehead atoms. The number of fused-ring (bicyclic) bond motifs is 5. The van der Waals surface area contributed by atoms with Gasteiger partial charge in [-0.15, -0.1) is 0 Å². The van der Waals surface area contributed by atoms with Gasteiger partial charge >= 0.3 is 0 Å². The van der Waals surface area contributed by atoms with E-state index in [2.05, 4.69) is 77.8 Å². The van der Waals surface area contributed by atoms with Crippen LogP contribution in [-0.2, 0) is 16.2 Å². The van der Waals surface area contributed by atoms with E-state index >= 15 is 0 Å². The maximum absolute atomic E-state index is 4.99. The number of aromatic nitrogens is 6. The lowest BCUT2D eigenvalue weighted by Crippen LogP contribution is -2.21. The number of hydrogen-bond acceptors (Lipinski definition) is 5. The highest BCUT2D eigenvalue weighted by Crippen LogP contribution is 2.31. The molecule has 6 nitrogen and oxygen atoms in total. The summed E-state index contributed by atoms with van der Waals surface area (Å²) in [5.41, 5.74) is 4.07. The zero-order chi connectivity index (χ0) is 21.4. The summed E-state index contributed by atoms with van der Waals surface area (Å²) >= 11 is 0. The van der Waals surface area contributed by atoms with Gasteiger partial charge < -0.3 is 0 Å². The lowest BCUT2D eigenvalue weighted by Gasteiger charge is -2.21. The Bertz CT molecular complexity index is 1250. The first-order valence-corrected chi connectivity index (χ1v) is 10.1. The Labute approximate surface area is 171 Å². The van der Waals surface area contributed by atoms with E-state index in [4.69, 9.17) is 19.9 Å². The van der Waals surface area contributed by atoms with Crippen LogP contribution >= 0.6 is 0 Å². The normalized spacial score (nSPS) is 13.7. The van der Waals surface area contributed by atoms with Crippen LogP contribution < -0.4 is 0 Å². The zero-order valence-corrected chi connectivity index (χ0v) is 18.9. The van der Waals surface area contributed by atoms with Crippen molar-refractivity contribution in [3.8, 4) is 0 Å². The van der Waals surface area contributed by atoms with Crippen molar-refractivity contribution in [1.82, 2.24) is 29.3 Å². The quantitative estimate of drug-likeness (QED) is 0.417. The average Bonchev–Trinajstić information content (AvgIpc) is 2.96. The Morgan fingerprint density at radius 1 is 0.724 bits per heavy atom. The fraction of sp³-hybridized carbons (Fsp3) is 0.522. The monoisotopic (exact) mass is 390 g/mol. The molecule has 0 fully saturated rings. The highest BCUT2D eigenvalue weighted by molar-refractivity contribution is 5.94. The third-order valence-electron chi connectivity index (χ3n) is 5.08. The SMILES string of the molecule is CC(C)(C)c1cc2nc3c4cnc(C(C)(C)C)nc4nc(C(C)(C)C)n3c2cn1. The maximum atomic E-state index is 4.99. The van der Waals surface area contributed by atoms with Gasteiger partial charge in [-0.05, 0) is 6.07 Å². The summed E-state index contributed by atoms with van der Waals surface area (Å²) in [4.78, 5) is 24.1. The van der Waals surface area contributed by atoms with Gasteiger partial charge in [0, 0.05) is 28.1 Å². The molecule has 4 aromatic rings. The molecule has 29 heavy (non-hydrogen) atoms. The molecule has 0 radical (unpaired) electrons. The Morgan fingerprint density at radius 3 is 2.00 bits per heavy atom. The van der Waals surface area contributed by atoms with Crippen molar-refractivity contribution in [2.45, 2.75) is 78.6 Å². The lowest BCUT2D eigenvalue weighted by atomic mass is 9.91. The number of imidazole rings is 1. The van der Waals surface area contributed by atoms with Gasteiger partial charge in [0.25, 0.3) is 0 Å². The van der Waals surface area contributed by atoms with E-state index in [-0.39, 0.29) is 16.2 Å². The Balaban J connectivity index is 2.15. The number of rotatable bonds is 0. The molecule has 0 spiro atoms. The van der Waals surface area contributed by atoms with Gasteiger partial charge in [0.2, 0.25) is 0 Å². The molecule has 0 aliphatic carbocycles. The van der Waals surface area contributed by atoms with Crippen molar-refractivity contribution in [2.24, 2.45) is 0 Å². The van der Waals surface area contributed by atoms with Crippen molar-refractivity contribution in [3.05, 3.63) is 35.8 Å². The van der Waals surface area contributed by atoms with Crippen molar-refractivity contribution >= 4 is 27.7 Å². The molecular weight excluding hydrogens is 360 g/mol. The summed E-state index contributed by atoms with van der Waals surface area (Å²) in [6, 6.07) is 2.09. The minimum Gasteiger partial charge on any atom is -0.278 e. The molecule has 6 heteroatoms. The lowest BCUT2D eigenvalue weighted by molar-refractivity contribution is 0.536. The van der Waals surface area contributed by atoms with Crippen LogP contribution in [0.3, 0.4) is 0 Å². The van der Waals surface area contributed by atoms with Crippen LogP contribution in [0.5, 0.6) is 0 Å². The summed E-state index contributed by atoms with van der Waals surface area (Å²) in [5, 5.41) is 0.861. The molecule has 0 saturated carbocycles. The van der Waals surface area contributed by atoms with Crippen molar-refractivity contribution in [2.75, 3.05) is 0 Å². The second-order valence-electron chi connectivity index (χ2n) is 10.9. The highest BCUT2D eigenvalue weighted by Gasteiger charge is 2.26. The molecule has 152 valence electrons. The molecule has 0 aliphatic heterocycles. The fourth-order valence-corrected chi connectivity index (χ4v) is 3.41. The number of pyridine rings is 1. The van der Waals surface area contributed by atoms with E-state index in [0.717, 1.165) is 39.4 Å². The van der Waals surface area contributed by atoms with Crippen molar-refractivity contribution in [3.63, 3.8) is 0 Å². The average molecular weight is 391 g/mol.